The second-order valence-electron chi connectivity index (χ2n) is 17.0. The number of hydrogen-bond donors (Lipinski definition) is 2. The van der Waals surface area contributed by atoms with Crippen molar-refractivity contribution in [3.63, 3.8) is 0 Å². The van der Waals surface area contributed by atoms with Crippen LogP contribution in [0.1, 0.15) is 105 Å². The molecular weight excluding hydrogens is 667 g/mol. The summed E-state index contributed by atoms with van der Waals surface area (Å²) in [5.41, 5.74) is 7.57. The average Bonchev–Trinajstić information content (AvgIpc) is 3.58. The van der Waals surface area contributed by atoms with Crippen molar-refractivity contribution >= 4 is 45.3 Å². The van der Waals surface area contributed by atoms with Gasteiger partial charge >= 0.3 is 0 Å². The van der Waals surface area contributed by atoms with Crippen LogP contribution in [0.2, 0.25) is 10.0 Å². The quantitative estimate of drug-likeness (QED) is 0.185. The molecular formula is C40H48Cl2N6O2. The Morgan fingerprint density at radius 2 is 0.760 bits per heavy atom. The van der Waals surface area contributed by atoms with Gasteiger partial charge in [-0.2, -0.15) is 0 Å². The Labute approximate surface area is 305 Å². The second kappa shape index (κ2) is 12.9. The topological polar surface area (TPSA) is 102 Å². The van der Waals surface area contributed by atoms with Crippen LogP contribution in [-0.4, -0.2) is 40.2 Å². The molecule has 2 heterocycles. The van der Waals surface area contributed by atoms with Gasteiger partial charge in [-0.15, -0.1) is 30.0 Å². The lowest BCUT2D eigenvalue weighted by Crippen LogP contribution is -2.18. The fourth-order valence-corrected chi connectivity index (χ4v) is 5.88. The summed E-state index contributed by atoms with van der Waals surface area (Å²) in [6, 6.07) is 18.9. The molecule has 0 aliphatic carbocycles. The number of aromatic nitrogens is 6. The number of nitrogens with zero attached hydrogens (tertiary/aromatic N) is 6. The normalized spacial score (nSPS) is 12.8. The summed E-state index contributed by atoms with van der Waals surface area (Å²) in [5.74, 6) is 0.429. The van der Waals surface area contributed by atoms with Crippen LogP contribution in [0.25, 0.3) is 33.4 Å². The smallest absolute Gasteiger partial charge is 0.146 e. The van der Waals surface area contributed by atoms with Crippen molar-refractivity contribution in [1.29, 1.82) is 0 Å². The van der Waals surface area contributed by atoms with Gasteiger partial charge in [-0.25, -0.2) is 0 Å². The molecule has 6 rings (SSSR count). The van der Waals surface area contributed by atoms with Crippen molar-refractivity contribution in [2.45, 2.75) is 105 Å². The molecule has 8 nitrogen and oxygen atoms in total. The van der Waals surface area contributed by atoms with Gasteiger partial charge < -0.3 is 10.2 Å². The Morgan fingerprint density at radius 1 is 0.440 bits per heavy atom. The van der Waals surface area contributed by atoms with Crippen LogP contribution in [0.15, 0.2) is 60.7 Å². The van der Waals surface area contributed by atoms with Gasteiger partial charge in [-0.05, 0) is 81.3 Å². The average molecular weight is 716 g/mol. The molecule has 6 aromatic rings. The fraction of sp³-hybridized carbons (Fsp3) is 0.400. The highest BCUT2D eigenvalue weighted by molar-refractivity contribution is 6.31. The van der Waals surface area contributed by atoms with E-state index < -0.39 is 0 Å². The summed E-state index contributed by atoms with van der Waals surface area (Å²) >= 11 is 12.1. The molecule has 0 aliphatic rings. The van der Waals surface area contributed by atoms with Gasteiger partial charge in [-0.1, -0.05) is 118 Å². The SMILES string of the molecule is CC(C)(C)c1cc(-n2nc3ccc(Cl)cc3n2)c(O)c(C(C)(C)C)c1.CC(C)(C)c1cc(-n2nc3ccc(Cl)cc3n2)c(O)c(C(C)(C)C)c1. The van der Waals surface area contributed by atoms with Gasteiger partial charge in [0.2, 0.25) is 0 Å². The Balaban J connectivity index is 0.000000194. The molecule has 0 unspecified atom stereocenters. The first-order valence-corrected chi connectivity index (χ1v) is 17.5. The van der Waals surface area contributed by atoms with Crippen LogP contribution in [0.3, 0.4) is 0 Å². The van der Waals surface area contributed by atoms with Crippen LogP contribution >= 0.6 is 23.2 Å². The predicted octanol–water partition coefficient (Wildman–Crippen LogP) is 10.7. The summed E-state index contributed by atoms with van der Waals surface area (Å²) < 4.78 is 0. The highest BCUT2D eigenvalue weighted by Gasteiger charge is 2.28. The number of phenolic OH excluding ortho intramolecular Hbond substituents is 2. The lowest BCUT2D eigenvalue weighted by molar-refractivity contribution is 0.437. The molecule has 0 atom stereocenters. The van der Waals surface area contributed by atoms with Crippen LogP contribution in [0, 0.1) is 0 Å². The maximum Gasteiger partial charge on any atom is 0.146 e. The van der Waals surface area contributed by atoms with Crippen LogP contribution in [-0.2, 0) is 21.7 Å². The van der Waals surface area contributed by atoms with Crippen molar-refractivity contribution in [3.8, 4) is 22.9 Å². The first kappa shape index (κ1) is 37.1. The third-order valence-electron chi connectivity index (χ3n) is 8.64. The molecule has 0 bridgehead atoms. The van der Waals surface area contributed by atoms with Gasteiger partial charge in [-0.3, -0.25) is 0 Å². The number of aromatic hydroxyl groups is 2. The standard InChI is InChI=1S/2C20H24ClN3O/c2*1-19(2,3)12-9-14(20(4,5)6)18(25)17(10-12)24-22-15-8-7-13(21)11-16(15)23-24/h2*7-11,25H,1-6H3. The number of phenols is 2. The van der Waals surface area contributed by atoms with Gasteiger partial charge in [0.05, 0.1) is 0 Å². The first-order chi connectivity index (χ1) is 22.9. The Hall–Kier alpha value is -4.14. The Bertz CT molecular complexity index is 2050. The lowest BCUT2D eigenvalue weighted by Gasteiger charge is -2.27. The zero-order valence-corrected chi connectivity index (χ0v) is 32.6. The number of rotatable bonds is 2. The zero-order valence-electron chi connectivity index (χ0n) is 31.1. The van der Waals surface area contributed by atoms with Crippen molar-refractivity contribution in [1.82, 2.24) is 30.0 Å². The summed E-state index contributed by atoms with van der Waals surface area (Å²) in [6.45, 7) is 25.5. The molecule has 0 amide bonds. The van der Waals surface area contributed by atoms with Gasteiger partial charge in [0.25, 0.3) is 0 Å². The van der Waals surface area contributed by atoms with Crippen molar-refractivity contribution in [2.75, 3.05) is 0 Å². The monoisotopic (exact) mass is 714 g/mol. The van der Waals surface area contributed by atoms with Gasteiger partial charge in [0.15, 0.2) is 0 Å². The minimum absolute atomic E-state index is 0.0572. The van der Waals surface area contributed by atoms with E-state index in [-0.39, 0.29) is 33.2 Å². The van der Waals surface area contributed by atoms with E-state index in [9.17, 15) is 10.2 Å². The van der Waals surface area contributed by atoms with E-state index in [0.29, 0.717) is 32.5 Å². The second-order valence-corrected chi connectivity index (χ2v) is 17.9. The third-order valence-corrected chi connectivity index (χ3v) is 9.11. The molecule has 0 aliphatic heterocycles. The number of benzene rings is 4. The summed E-state index contributed by atoms with van der Waals surface area (Å²) in [7, 11) is 0. The van der Waals surface area contributed by atoms with E-state index >= 15 is 0 Å². The molecule has 264 valence electrons. The molecule has 4 aromatic carbocycles. The minimum atomic E-state index is -0.198. The van der Waals surface area contributed by atoms with Crippen molar-refractivity contribution in [2.24, 2.45) is 0 Å². The molecule has 0 radical (unpaired) electrons. The minimum Gasteiger partial charge on any atom is -0.505 e. The summed E-state index contributed by atoms with van der Waals surface area (Å²) in [5, 5.41) is 41.1. The van der Waals surface area contributed by atoms with Crippen LogP contribution in [0.4, 0.5) is 0 Å². The highest BCUT2D eigenvalue weighted by atomic mass is 35.5. The maximum atomic E-state index is 10.9. The largest absolute Gasteiger partial charge is 0.505 e. The predicted molar refractivity (Wildman–Crippen MR) is 206 cm³/mol. The first-order valence-electron chi connectivity index (χ1n) is 16.8. The number of halogens is 2. The Kier molecular flexibility index (Phi) is 9.56. The van der Waals surface area contributed by atoms with Crippen molar-refractivity contribution in [3.05, 3.63) is 93.0 Å². The van der Waals surface area contributed by atoms with E-state index in [1.165, 1.54) is 9.59 Å². The summed E-state index contributed by atoms with van der Waals surface area (Å²) in [4.78, 5) is 3.00. The van der Waals surface area contributed by atoms with E-state index in [1.807, 2.05) is 24.3 Å². The molecule has 0 fully saturated rings. The third kappa shape index (κ3) is 7.77. The van der Waals surface area contributed by atoms with E-state index in [4.69, 9.17) is 23.2 Å². The van der Waals surface area contributed by atoms with E-state index in [2.05, 4.69) is 116 Å². The van der Waals surface area contributed by atoms with Gasteiger partial charge in [0, 0.05) is 21.2 Å². The molecule has 2 aromatic heterocycles. The molecule has 50 heavy (non-hydrogen) atoms. The summed E-state index contributed by atoms with van der Waals surface area (Å²) in [6.07, 6.45) is 0. The van der Waals surface area contributed by atoms with E-state index in [1.54, 1.807) is 24.3 Å². The maximum absolute atomic E-state index is 10.9. The highest BCUT2D eigenvalue weighted by Crippen LogP contribution is 2.40. The van der Waals surface area contributed by atoms with Crippen LogP contribution in [0.5, 0.6) is 11.5 Å². The van der Waals surface area contributed by atoms with Crippen molar-refractivity contribution < 1.29 is 10.2 Å². The van der Waals surface area contributed by atoms with Crippen LogP contribution < -0.4 is 0 Å². The molecule has 2 N–H and O–H groups in total. The fourth-order valence-electron chi connectivity index (χ4n) is 5.54. The Morgan fingerprint density at radius 3 is 1.06 bits per heavy atom. The van der Waals surface area contributed by atoms with E-state index in [0.717, 1.165) is 33.3 Å². The number of hydrogen-bond acceptors (Lipinski definition) is 6. The van der Waals surface area contributed by atoms with Gasteiger partial charge in [0.1, 0.15) is 44.9 Å². The molecule has 0 saturated carbocycles. The number of fused-ring (bicyclic) bond motifs is 2. The molecule has 0 saturated heterocycles. The lowest BCUT2D eigenvalue weighted by atomic mass is 9.80. The zero-order chi connectivity index (χ0) is 37.1. The molecule has 0 spiro atoms. The molecule has 10 heteroatoms.